The summed E-state index contributed by atoms with van der Waals surface area (Å²) < 4.78 is 5.17. The third-order valence-corrected chi connectivity index (χ3v) is 4.10. The van der Waals surface area contributed by atoms with Gasteiger partial charge in [-0.1, -0.05) is 11.6 Å². The summed E-state index contributed by atoms with van der Waals surface area (Å²) in [7, 11) is 0. The molecule has 0 aromatic heterocycles. The predicted octanol–water partition coefficient (Wildman–Crippen LogP) is 2.92. The van der Waals surface area contributed by atoms with Crippen LogP contribution < -0.4 is 16.0 Å². The van der Waals surface area contributed by atoms with Gasteiger partial charge in [0, 0.05) is 43.4 Å². The van der Waals surface area contributed by atoms with E-state index >= 15 is 0 Å². The molecule has 0 spiro atoms. The van der Waals surface area contributed by atoms with E-state index in [2.05, 4.69) is 20.1 Å². The number of carbonyl (C=O) groups excluding carboxylic acids is 1. The Morgan fingerprint density at radius 3 is 2.37 bits per heavy atom. The van der Waals surface area contributed by atoms with Crippen molar-refractivity contribution in [3.8, 4) is 0 Å². The molecule has 9 heteroatoms. The number of hydrogen-bond acceptors (Lipinski definition) is 4. The number of carbonyl (C=O) groups is 1. The van der Waals surface area contributed by atoms with Crippen LogP contribution in [-0.4, -0.2) is 61.8 Å². The fraction of sp³-hybridized carbons (Fsp3) is 0.556. The van der Waals surface area contributed by atoms with Crippen molar-refractivity contribution in [3.05, 3.63) is 29.3 Å². The van der Waals surface area contributed by atoms with Crippen molar-refractivity contribution < 1.29 is 9.53 Å². The number of piperazine rings is 1. The Labute approximate surface area is 183 Å². The molecule has 27 heavy (non-hydrogen) atoms. The molecule has 1 aliphatic rings. The number of halogens is 2. The molecule has 3 N–H and O–H groups in total. The van der Waals surface area contributed by atoms with Crippen LogP contribution in [0.3, 0.4) is 0 Å². The van der Waals surface area contributed by atoms with Crippen molar-refractivity contribution in [2.24, 2.45) is 10.7 Å². The SMILES string of the molecule is CC(C)(C)OC(=O)NCCN=C(N)N1CCN(c2ccc(Cl)cc2)CC1.I. The molecule has 1 amide bonds. The minimum atomic E-state index is -0.504. The molecule has 0 radical (unpaired) electrons. The lowest BCUT2D eigenvalue weighted by atomic mass is 10.2. The smallest absolute Gasteiger partial charge is 0.407 e. The topological polar surface area (TPSA) is 83.2 Å². The van der Waals surface area contributed by atoms with Crippen LogP contribution in [0.4, 0.5) is 10.5 Å². The summed E-state index contributed by atoms with van der Waals surface area (Å²) in [6.45, 7) is 9.63. The maximum Gasteiger partial charge on any atom is 0.407 e. The molecule has 1 saturated heterocycles. The monoisotopic (exact) mass is 509 g/mol. The Morgan fingerprint density at radius 2 is 1.81 bits per heavy atom. The van der Waals surface area contributed by atoms with Gasteiger partial charge < -0.3 is 25.6 Å². The van der Waals surface area contributed by atoms with Gasteiger partial charge in [-0.3, -0.25) is 4.99 Å². The van der Waals surface area contributed by atoms with Crippen LogP contribution in [-0.2, 0) is 4.74 Å². The van der Waals surface area contributed by atoms with Gasteiger partial charge in [0.25, 0.3) is 0 Å². The third kappa shape index (κ3) is 8.42. The molecule has 1 aromatic rings. The summed E-state index contributed by atoms with van der Waals surface area (Å²) in [5.41, 5.74) is 6.72. The summed E-state index contributed by atoms with van der Waals surface area (Å²) >= 11 is 5.93. The molecule has 1 heterocycles. The van der Waals surface area contributed by atoms with Gasteiger partial charge in [0.2, 0.25) is 0 Å². The van der Waals surface area contributed by atoms with Crippen molar-refractivity contribution in [2.45, 2.75) is 26.4 Å². The quantitative estimate of drug-likeness (QED) is 0.282. The average Bonchev–Trinajstić information content (AvgIpc) is 2.58. The van der Waals surface area contributed by atoms with Crippen LogP contribution in [0.5, 0.6) is 0 Å². The summed E-state index contributed by atoms with van der Waals surface area (Å²) in [4.78, 5) is 20.3. The van der Waals surface area contributed by atoms with Crippen LogP contribution in [0, 0.1) is 0 Å². The molecule has 0 unspecified atom stereocenters. The van der Waals surface area contributed by atoms with Crippen molar-refractivity contribution in [1.82, 2.24) is 10.2 Å². The molecule has 152 valence electrons. The number of alkyl carbamates (subject to hydrolysis) is 1. The van der Waals surface area contributed by atoms with Crippen LogP contribution in [0.2, 0.25) is 5.02 Å². The van der Waals surface area contributed by atoms with E-state index < -0.39 is 11.7 Å². The third-order valence-electron chi connectivity index (χ3n) is 3.85. The number of guanidine groups is 1. The van der Waals surface area contributed by atoms with Crippen molar-refractivity contribution in [1.29, 1.82) is 0 Å². The minimum Gasteiger partial charge on any atom is -0.444 e. The molecule has 1 fully saturated rings. The Morgan fingerprint density at radius 1 is 1.22 bits per heavy atom. The molecule has 0 atom stereocenters. The van der Waals surface area contributed by atoms with Gasteiger partial charge in [-0.25, -0.2) is 4.79 Å². The van der Waals surface area contributed by atoms with Crippen molar-refractivity contribution in [3.63, 3.8) is 0 Å². The van der Waals surface area contributed by atoms with E-state index in [1.165, 1.54) is 0 Å². The molecule has 1 aliphatic heterocycles. The number of benzene rings is 1. The van der Waals surface area contributed by atoms with Gasteiger partial charge in [0.05, 0.1) is 6.54 Å². The zero-order valence-electron chi connectivity index (χ0n) is 16.1. The van der Waals surface area contributed by atoms with Gasteiger partial charge in [-0.15, -0.1) is 24.0 Å². The fourth-order valence-electron chi connectivity index (χ4n) is 2.59. The van der Waals surface area contributed by atoms with E-state index in [-0.39, 0.29) is 24.0 Å². The molecular formula is C18H29ClIN5O2. The van der Waals surface area contributed by atoms with E-state index in [9.17, 15) is 4.79 Å². The second-order valence-corrected chi connectivity index (χ2v) is 7.56. The molecule has 0 saturated carbocycles. The Balaban J connectivity index is 0.00000364. The highest BCUT2D eigenvalue weighted by Crippen LogP contribution is 2.19. The highest BCUT2D eigenvalue weighted by Gasteiger charge is 2.19. The Hall–Kier alpha value is -1.42. The van der Waals surface area contributed by atoms with Gasteiger partial charge in [-0.2, -0.15) is 0 Å². The highest BCUT2D eigenvalue weighted by molar-refractivity contribution is 14.0. The van der Waals surface area contributed by atoms with Crippen LogP contribution in [0.15, 0.2) is 29.3 Å². The largest absolute Gasteiger partial charge is 0.444 e. The maximum atomic E-state index is 11.6. The number of nitrogens with zero attached hydrogens (tertiary/aromatic N) is 3. The van der Waals surface area contributed by atoms with E-state index in [1.54, 1.807) is 0 Å². The van der Waals surface area contributed by atoms with Crippen LogP contribution in [0.25, 0.3) is 0 Å². The van der Waals surface area contributed by atoms with E-state index in [0.29, 0.717) is 19.0 Å². The number of aliphatic imine (C=N–C) groups is 1. The van der Waals surface area contributed by atoms with Gasteiger partial charge >= 0.3 is 6.09 Å². The molecular weight excluding hydrogens is 481 g/mol. The lowest BCUT2D eigenvalue weighted by molar-refractivity contribution is 0.0529. The minimum absolute atomic E-state index is 0. The lowest BCUT2D eigenvalue weighted by Gasteiger charge is -2.36. The van der Waals surface area contributed by atoms with Gasteiger partial charge in [0.15, 0.2) is 5.96 Å². The summed E-state index contributed by atoms with van der Waals surface area (Å²) in [5.74, 6) is 0.506. The molecule has 0 bridgehead atoms. The fourth-order valence-corrected chi connectivity index (χ4v) is 2.71. The molecule has 0 aliphatic carbocycles. The van der Waals surface area contributed by atoms with Crippen LogP contribution in [0.1, 0.15) is 20.8 Å². The Bertz CT molecular complexity index is 626. The normalized spacial score (nSPS) is 15.2. The van der Waals surface area contributed by atoms with E-state index in [0.717, 1.165) is 36.9 Å². The summed E-state index contributed by atoms with van der Waals surface area (Å²) in [6.07, 6.45) is -0.442. The van der Waals surface area contributed by atoms with Crippen LogP contribution >= 0.6 is 35.6 Å². The van der Waals surface area contributed by atoms with Crippen molar-refractivity contribution >= 4 is 53.3 Å². The summed E-state index contributed by atoms with van der Waals surface area (Å²) in [6, 6.07) is 7.85. The predicted molar refractivity (Wildman–Crippen MR) is 121 cm³/mol. The Kier molecular flexibility index (Phi) is 9.44. The first-order chi connectivity index (χ1) is 12.2. The molecule has 7 nitrogen and oxygen atoms in total. The summed E-state index contributed by atoms with van der Waals surface area (Å²) in [5, 5.41) is 3.41. The lowest BCUT2D eigenvalue weighted by Crippen LogP contribution is -2.51. The number of amides is 1. The second kappa shape index (κ2) is 10.8. The first-order valence-electron chi connectivity index (χ1n) is 8.77. The average molecular weight is 510 g/mol. The number of nitrogens with two attached hydrogens (primary N) is 1. The van der Waals surface area contributed by atoms with Crippen molar-refractivity contribution in [2.75, 3.05) is 44.2 Å². The number of anilines is 1. The first kappa shape index (κ1) is 23.6. The number of nitrogens with one attached hydrogen (secondary N) is 1. The number of ether oxygens (including phenoxy) is 1. The van der Waals surface area contributed by atoms with E-state index in [4.69, 9.17) is 22.1 Å². The first-order valence-corrected chi connectivity index (χ1v) is 9.14. The zero-order valence-corrected chi connectivity index (χ0v) is 19.2. The maximum absolute atomic E-state index is 11.6. The zero-order chi connectivity index (χ0) is 19.2. The van der Waals surface area contributed by atoms with Gasteiger partial charge in [0.1, 0.15) is 5.60 Å². The van der Waals surface area contributed by atoms with Gasteiger partial charge in [-0.05, 0) is 45.0 Å². The standard InChI is InChI=1S/C18H28ClN5O2.HI/c1-18(2,3)26-17(25)22-9-8-21-16(20)24-12-10-23(11-13-24)15-6-4-14(19)5-7-15;/h4-7H,8-13H2,1-3H3,(H2,20,21)(H,22,25);1H. The number of hydrogen-bond donors (Lipinski definition) is 2. The molecule has 1 aromatic carbocycles. The number of rotatable bonds is 4. The molecule has 2 rings (SSSR count). The second-order valence-electron chi connectivity index (χ2n) is 7.12. The van der Waals surface area contributed by atoms with E-state index in [1.807, 2.05) is 45.0 Å². The highest BCUT2D eigenvalue weighted by atomic mass is 127.